The number of aromatic nitrogens is 1. The van der Waals surface area contributed by atoms with Crippen LogP contribution in [0.5, 0.6) is 0 Å². The minimum absolute atomic E-state index is 0.0355. The molecule has 1 aromatic heterocycles. The number of benzene rings is 1. The second kappa shape index (κ2) is 7.64. The standard InChI is InChI=1S/C19H25N3O2/c1-15-8-9-17(21(15)2)12-20-19(23)18-14-22(10-11-24-18)13-16-6-4-3-5-7-16/h3-9,18H,10-14H2,1-2H3,(H,20,23). The average Bonchev–Trinajstić information content (AvgIpc) is 2.93. The Bertz CT molecular complexity index is 681. The number of nitrogens with one attached hydrogen (secondary N) is 1. The summed E-state index contributed by atoms with van der Waals surface area (Å²) in [6.07, 6.45) is -0.399. The summed E-state index contributed by atoms with van der Waals surface area (Å²) in [5.41, 5.74) is 3.54. The molecule has 0 bridgehead atoms. The van der Waals surface area contributed by atoms with Crippen LogP contribution in [0.3, 0.4) is 0 Å². The highest BCUT2D eigenvalue weighted by Gasteiger charge is 2.26. The Hall–Kier alpha value is -2.11. The normalized spacial score (nSPS) is 18.5. The zero-order valence-electron chi connectivity index (χ0n) is 14.4. The molecule has 1 saturated heterocycles. The predicted octanol–water partition coefficient (Wildman–Crippen LogP) is 1.85. The van der Waals surface area contributed by atoms with E-state index in [0.29, 0.717) is 19.7 Å². The second-order valence-electron chi connectivity index (χ2n) is 6.32. The molecule has 1 atom stereocenters. The molecule has 1 aliphatic rings. The van der Waals surface area contributed by atoms with E-state index in [1.54, 1.807) is 0 Å². The molecule has 1 aliphatic heterocycles. The maximum atomic E-state index is 12.4. The number of nitrogens with zero attached hydrogens (tertiary/aromatic N) is 2. The quantitative estimate of drug-likeness (QED) is 0.912. The summed E-state index contributed by atoms with van der Waals surface area (Å²) in [7, 11) is 2.01. The Labute approximate surface area is 143 Å². The lowest BCUT2D eigenvalue weighted by Gasteiger charge is -2.32. The third-order valence-corrected chi connectivity index (χ3v) is 4.61. The van der Waals surface area contributed by atoms with E-state index in [-0.39, 0.29) is 5.91 Å². The lowest BCUT2D eigenvalue weighted by atomic mass is 10.2. The smallest absolute Gasteiger partial charge is 0.250 e. The van der Waals surface area contributed by atoms with Crippen LogP contribution in [0.25, 0.3) is 0 Å². The van der Waals surface area contributed by atoms with E-state index >= 15 is 0 Å². The van der Waals surface area contributed by atoms with Crippen LogP contribution in [-0.4, -0.2) is 41.2 Å². The van der Waals surface area contributed by atoms with Gasteiger partial charge in [0.25, 0.3) is 5.91 Å². The lowest BCUT2D eigenvalue weighted by molar-refractivity contribution is -0.139. The molecule has 1 N–H and O–H groups in total. The highest BCUT2D eigenvalue weighted by atomic mass is 16.5. The number of ether oxygens (including phenoxy) is 1. The Balaban J connectivity index is 1.52. The van der Waals surface area contributed by atoms with Crippen LogP contribution in [0.1, 0.15) is 17.0 Å². The van der Waals surface area contributed by atoms with Crippen LogP contribution in [0.2, 0.25) is 0 Å². The van der Waals surface area contributed by atoms with Crippen molar-refractivity contribution in [3.63, 3.8) is 0 Å². The van der Waals surface area contributed by atoms with E-state index in [9.17, 15) is 4.79 Å². The first-order valence-corrected chi connectivity index (χ1v) is 8.40. The van der Waals surface area contributed by atoms with Crippen molar-refractivity contribution in [3.05, 3.63) is 59.4 Å². The van der Waals surface area contributed by atoms with Gasteiger partial charge >= 0.3 is 0 Å². The van der Waals surface area contributed by atoms with Crippen molar-refractivity contribution < 1.29 is 9.53 Å². The first-order valence-electron chi connectivity index (χ1n) is 8.40. The van der Waals surface area contributed by atoms with Gasteiger partial charge in [-0.15, -0.1) is 0 Å². The van der Waals surface area contributed by atoms with Crippen LogP contribution in [0.4, 0.5) is 0 Å². The Kier molecular flexibility index (Phi) is 5.33. The molecule has 24 heavy (non-hydrogen) atoms. The summed E-state index contributed by atoms with van der Waals surface area (Å²) in [6, 6.07) is 14.4. The van der Waals surface area contributed by atoms with E-state index in [4.69, 9.17) is 4.74 Å². The first kappa shape index (κ1) is 16.7. The molecule has 2 heterocycles. The van der Waals surface area contributed by atoms with Crippen molar-refractivity contribution in [2.24, 2.45) is 7.05 Å². The number of morpholine rings is 1. The van der Waals surface area contributed by atoms with E-state index in [0.717, 1.165) is 18.8 Å². The van der Waals surface area contributed by atoms with Crippen molar-refractivity contribution in [1.82, 2.24) is 14.8 Å². The third kappa shape index (κ3) is 4.04. The third-order valence-electron chi connectivity index (χ3n) is 4.61. The minimum atomic E-state index is -0.399. The molecular formula is C19H25N3O2. The van der Waals surface area contributed by atoms with Crippen molar-refractivity contribution in [2.45, 2.75) is 26.1 Å². The summed E-state index contributed by atoms with van der Waals surface area (Å²) >= 11 is 0. The second-order valence-corrected chi connectivity index (χ2v) is 6.32. The highest BCUT2D eigenvalue weighted by molar-refractivity contribution is 5.81. The molecule has 5 nitrogen and oxygen atoms in total. The van der Waals surface area contributed by atoms with Crippen LogP contribution >= 0.6 is 0 Å². The lowest BCUT2D eigenvalue weighted by Crippen LogP contribution is -2.49. The van der Waals surface area contributed by atoms with Crippen LogP contribution in [0.15, 0.2) is 42.5 Å². The van der Waals surface area contributed by atoms with Crippen LogP contribution in [-0.2, 0) is 29.7 Å². The van der Waals surface area contributed by atoms with E-state index in [1.807, 2.05) is 31.3 Å². The minimum Gasteiger partial charge on any atom is -0.366 e. The molecular weight excluding hydrogens is 302 g/mol. The van der Waals surface area contributed by atoms with E-state index in [2.05, 4.69) is 39.9 Å². The van der Waals surface area contributed by atoms with Gasteiger partial charge in [-0.05, 0) is 24.6 Å². The maximum absolute atomic E-state index is 12.4. The summed E-state index contributed by atoms with van der Waals surface area (Å²) in [4.78, 5) is 14.7. The molecule has 5 heteroatoms. The zero-order chi connectivity index (χ0) is 16.9. The van der Waals surface area contributed by atoms with Gasteiger partial charge in [0.2, 0.25) is 0 Å². The predicted molar refractivity (Wildman–Crippen MR) is 93.5 cm³/mol. The zero-order valence-corrected chi connectivity index (χ0v) is 14.4. The van der Waals surface area contributed by atoms with E-state index < -0.39 is 6.10 Å². The van der Waals surface area contributed by atoms with E-state index in [1.165, 1.54) is 11.3 Å². The fourth-order valence-corrected chi connectivity index (χ4v) is 2.98. The summed E-state index contributed by atoms with van der Waals surface area (Å²) in [5, 5.41) is 3.00. The van der Waals surface area contributed by atoms with Crippen molar-refractivity contribution >= 4 is 5.91 Å². The van der Waals surface area contributed by atoms with Gasteiger partial charge in [0.1, 0.15) is 6.10 Å². The van der Waals surface area contributed by atoms with Gasteiger partial charge in [0.05, 0.1) is 13.2 Å². The molecule has 2 aromatic rings. The first-order chi connectivity index (χ1) is 11.6. The monoisotopic (exact) mass is 327 g/mol. The van der Waals surface area contributed by atoms with Gasteiger partial charge in [-0.2, -0.15) is 0 Å². The van der Waals surface area contributed by atoms with Gasteiger partial charge in [0.15, 0.2) is 0 Å². The SMILES string of the molecule is Cc1ccc(CNC(=O)C2CN(Cc3ccccc3)CCO2)n1C. The molecule has 1 unspecified atom stereocenters. The molecule has 128 valence electrons. The number of carbonyl (C=O) groups is 1. The molecule has 0 radical (unpaired) electrons. The van der Waals surface area contributed by atoms with Crippen LogP contribution in [0, 0.1) is 6.92 Å². The fourth-order valence-electron chi connectivity index (χ4n) is 2.98. The summed E-state index contributed by atoms with van der Waals surface area (Å²) in [5.74, 6) is -0.0355. The molecule has 3 rings (SSSR count). The number of aryl methyl sites for hydroxylation is 1. The molecule has 1 amide bonds. The van der Waals surface area contributed by atoms with Gasteiger partial charge in [-0.1, -0.05) is 30.3 Å². The topological polar surface area (TPSA) is 46.5 Å². The number of rotatable bonds is 5. The number of hydrogen-bond donors (Lipinski definition) is 1. The Morgan fingerprint density at radius 3 is 2.75 bits per heavy atom. The molecule has 1 aromatic carbocycles. The summed E-state index contributed by atoms with van der Waals surface area (Å²) < 4.78 is 7.76. The Morgan fingerprint density at radius 2 is 2.04 bits per heavy atom. The average molecular weight is 327 g/mol. The van der Waals surface area contributed by atoms with Crippen molar-refractivity contribution in [1.29, 1.82) is 0 Å². The number of amides is 1. The van der Waals surface area contributed by atoms with Crippen molar-refractivity contribution in [3.8, 4) is 0 Å². The Morgan fingerprint density at radius 1 is 1.25 bits per heavy atom. The summed E-state index contributed by atoms with van der Waals surface area (Å²) in [6.45, 7) is 5.51. The number of hydrogen-bond acceptors (Lipinski definition) is 3. The van der Waals surface area contributed by atoms with Gasteiger partial charge in [-0.3, -0.25) is 9.69 Å². The number of carbonyl (C=O) groups excluding carboxylic acids is 1. The molecule has 1 fully saturated rings. The van der Waals surface area contributed by atoms with Gasteiger partial charge in [0, 0.05) is 38.1 Å². The molecule has 0 saturated carbocycles. The maximum Gasteiger partial charge on any atom is 0.250 e. The van der Waals surface area contributed by atoms with Gasteiger partial charge in [-0.25, -0.2) is 0 Å². The van der Waals surface area contributed by atoms with Crippen LogP contribution < -0.4 is 5.32 Å². The largest absolute Gasteiger partial charge is 0.366 e. The highest BCUT2D eigenvalue weighted by Crippen LogP contribution is 2.11. The molecule has 0 spiro atoms. The molecule has 0 aliphatic carbocycles. The van der Waals surface area contributed by atoms with Gasteiger partial charge < -0.3 is 14.6 Å². The van der Waals surface area contributed by atoms with Crippen molar-refractivity contribution in [2.75, 3.05) is 19.7 Å². The fraction of sp³-hybridized carbons (Fsp3) is 0.421.